The van der Waals surface area contributed by atoms with Gasteiger partial charge in [0.1, 0.15) is 0 Å². The largest absolute Gasteiger partial charge is 0.382 e. The third kappa shape index (κ3) is 3.14. The molecular formula is C15H18BrN5O. The van der Waals surface area contributed by atoms with E-state index in [0.717, 1.165) is 35.8 Å². The number of nitrogens with zero attached hydrogens (tertiary/aromatic N) is 3. The zero-order chi connectivity index (χ0) is 15.5. The Hall–Kier alpha value is -1.89. The van der Waals surface area contributed by atoms with Crippen molar-refractivity contribution in [2.45, 2.75) is 38.1 Å². The van der Waals surface area contributed by atoms with Gasteiger partial charge in [-0.25, -0.2) is 0 Å². The van der Waals surface area contributed by atoms with Gasteiger partial charge in [0.15, 0.2) is 11.5 Å². The van der Waals surface area contributed by atoms with Gasteiger partial charge in [0, 0.05) is 10.5 Å². The lowest BCUT2D eigenvalue weighted by Gasteiger charge is -2.22. The molecule has 2 aromatic rings. The smallest absolute Gasteiger partial charge is 0.275 e. The minimum atomic E-state index is -0.245. The fourth-order valence-corrected chi connectivity index (χ4v) is 3.14. The molecule has 116 valence electrons. The quantitative estimate of drug-likeness (QED) is 0.877. The normalized spacial score (nSPS) is 15.7. The first-order valence-electron chi connectivity index (χ1n) is 7.43. The van der Waals surface area contributed by atoms with Crippen LogP contribution in [0.15, 0.2) is 28.7 Å². The van der Waals surface area contributed by atoms with Crippen molar-refractivity contribution >= 4 is 27.7 Å². The molecule has 0 spiro atoms. The first-order chi connectivity index (χ1) is 10.6. The molecule has 0 bridgehead atoms. The van der Waals surface area contributed by atoms with E-state index >= 15 is 0 Å². The minimum Gasteiger partial charge on any atom is -0.382 e. The number of nitrogens with one attached hydrogen (secondary N) is 1. The highest BCUT2D eigenvalue weighted by atomic mass is 79.9. The number of hydrogen-bond donors (Lipinski definition) is 2. The van der Waals surface area contributed by atoms with Gasteiger partial charge in [-0.15, -0.1) is 5.10 Å². The summed E-state index contributed by atoms with van der Waals surface area (Å²) in [5.41, 5.74) is 7.00. The first-order valence-corrected chi connectivity index (χ1v) is 8.22. The summed E-state index contributed by atoms with van der Waals surface area (Å²) >= 11 is 3.40. The molecule has 1 aromatic carbocycles. The molecule has 1 aliphatic carbocycles. The van der Waals surface area contributed by atoms with E-state index < -0.39 is 0 Å². The summed E-state index contributed by atoms with van der Waals surface area (Å²) in [6.45, 7) is 0. The Bertz CT molecular complexity index is 678. The Labute approximate surface area is 137 Å². The monoisotopic (exact) mass is 363 g/mol. The van der Waals surface area contributed by atoms with Crippen molar-refractivity contribution in [2.75, 3.05) is 5.73 Å². The van der Waals surface area contributed by atoms with Gasteiger partial charge in [0.2, 0.25) is 0 Å². The van der Waals surface area contributed by atoms with Crippen molar-refractivity contribution in [3.63, 3.8) is 0 Å². The molecule has 1 fully saturated rings. The van der Waals surface area contributed by atoms with Crippen LogP contribution in [0.4, 0.5) is 5.82 Å². The number of aromatic nitrogens is 3. The molecule has 1 aromatic heterocycles. The summed E-state index contributed by atoms with van der Waals surface area (Å²) < 4.78 is 2.38. The van der Waals surface area contributed by atoms with Crippen molar-refractivity contribution in [1.29, 1.82) is 0 Å². The summed E-state index contributed by atoms with van der Waals surface area (Å²) in [5, 5.41) is 11.0. The second kappa shape index (κ2) is 6.48. The lowest BCUT2D eigenvalue weighted by atomic mass is 9.95. The van der Waals surface area contributed by atoms with E-state index in [-0.39, 0.29) is 23.5 Å². The van der Waals surface area contributed by atoms with Gasteiger partial charge in [0.05, 0.1) is 5.69 Å². The predicted molar refractivity (Wildman–Crippen MR) is 87.8 cm³/mol. The zero-order valence-corrected chi connectivity index (χ0v) is 13.7. The molecule has 0 saturated heterocycles. The summed E-state index contributed by atoms with van der Waals surface area (Å²) in [5.74, 6) is 0.0112. The van der Waals surface area contributed by atoms with Crippen molar-refractivity contribution < 1.29 is 4.79 Å². The highest BCUT2D eigenvalue weighted by Crippen LogP contribution is 2.20. The van der Waals surface area contributed by atoms with Gasteiger partial charge in [0.25, 0.3) is 5.91 Å². The van der Waals surface area contributed by atoms with E-state index in [0.29, 0.717) is 0 Å². The van der Waals surface area contributed by atoms with E-state index in [4.69, 9.17) is 5.73 Å². The van der Waals surface area contributed by atoms with Crippen LogP contribution in [0.1, 0.15) is 42.6 Å². The Morgan fingerprint density at radius 2 is 2.09 bits per heavy atom. The SMILES string of the molecule is Nc1c(C(=O)NC2CCCCC2)nnn1-c1cccc(Br)c1. The number of carbonyl (C=O) groups excluding carboxylic acids is 1. The molecule has 1 aliphatic rings. The van der Waals surface area contributed by atoms with Crippen molar-refractivity contribution in [2.24, 2.45) is 0 Å². The number of carbonyl (C=O) groups is 1. The van der Waals surface area contributed by atoms with Gasteiger partial charge < -0.3 is 11.1 Å². The van der Waals surface area contributed by atoms with E-state index in [9.17, 15) is 4.79 Å². The van der Waals surface area contributed by atoms with Crippen LogP contribution >= 0.6 is 15.9 Å². The highest BCUT2D eigenvalue weighted by molar-refractivity contribution is 9.10. The third-order valence-electron chi connectivity index (χ3n) is 3.91. The van der Waals surface area contributed by atoms with Crippen molar-refractivity contribution in [1.82, 2.24) is 20.3 Å². The lowest BCUT2D eigenvalue weighted by Crippen LogP contribution is -2.36. The molecule has 0 aliphatic heterocycles. The van der Waals surface area contributed by atoms with E-state index in [1.54, 1.807) is 0 Å². The van der Waals surface area contributed by atoms with Gasteiger partial charge in [-0.05, 0) is 31.0 Å². The van der Waals surface area contributed by atoms with E-state index in [1.807, 2.05) is 24.3 Å². The van der Waals surface area contributed by atoms with E-state index in [1.165, 1.54) is 11.1 Å². The van der Waals surface area contributed by atoms with E-state index in [2.05, 4.69) is 31.6 Å². The Balaban J connectivity index is 1.79. The molecule has 1 heterocycles. The van der Waals surface area contributed by atoms with Crippen LogP contribution in [0.25, 0.3) is 5.69 Å². The fourth-order valence-electron chi connectivity index (χ4n) is 2.75. The zero-order valence-electron chi connectivity index (χ0n) is 12.1. The maximum atomic E-state index is 12.3. The summed E-state index contributed by atoms with van der Waals surface area (Å²) in [4.78, 5) is 12.3. The number of benzene rings is 1. The molecule has 1 amide bonds. The van der Waals surface area contributed by atoms with Crippen LogP contribution < -0.4 is 11.1 Å². The number of nitrogens with two attached hydrogens (primary N) is 1. The molecule has 3 rings (SSSR count). The molecule has 6 nitrogen and oxygen atoms in total. The van der Waals surface area contributed by atoms with Crippen LogP contribution in [0, 0.1) is 0 Å². The molecular weight excluding hydrogens is 346 g/mol. The molecule has 0 atom stereocenters. The van der Waals surface area contributed by atoms with Crippen LogP contribution in [0.3, 0.4) is 0 Å². The second-order valence-electron chi connectivity index (χ2n) is 5.52. The summed E-state index contributed by atoms with van der Waals surface area (Å²) in [6, 6.07) is 7.74. The highest BCUT2D eigenvalue weighted by Gasteiger charge is 2.22. The molecule has 1 saturated carbocycles. The molecule has 7 heteroatoms. The van der Waals surface area contributed by atoms with Gasteiger partial charge in [-0.3, -0.25) is 4.79 Å². The van der Waals surface area contributed by atoms with Gasteiger partial charge in [-0.2, -0.15) is 4.68 Å². The molecule has 22 heavy (non-hydrogen) atoms. The number of nitrogen functional groups attached to an aromatic ring is 1. The number of rotatable bonds is 3. The van der Waals surface area contributed by atoms with Crippen molar-refractivity contribution in [3.8, 4) is 5.69 Å². The van der Waals surface area contributed by atoms with Crippen molar-refractivity contribution in [3.05, 3.63) is 34.4 Å². The predicted octanol–water partition coefficient (Wildman–Crippen LogP) is 2.67. The molecule has 0 unspecified atom stereocenters. The Morgan fingerprint density at radius 1 is 1.32 bits per heavy atom. The van der Waals surface area contributed by atoms with Gasteiger partial charge in [-0.1, -0.05) is 46.5 Å². The molecule has 0 radical (unpaired) electrons. The maximum Gasteiger partial charge on any atom is 0.275 e. The molecule has 3 N–H and O–H groups in total. The summed E-state index contributed by atoms with van der Waals surface area (Å²) in [7, 11) is 0. The first kappa shape index (κ1) is 15.0. The van der Waals surface area contributed by atoms with Crippen LogP contribution in [-0.2, 0) is 0 Å². The number of halogens is 1. The third-order valence-corrected chi connectivity index (χ3v) is 4.41. The number of anilines is 1. The second-order valence-corrected chi connectivity index (χ2v) is 6.44. The average Bonchev–Trinajstić information content (AvgIpc) is 2.90. The average molecular weight is 364 g/mol. The number of hydrogen-bond acceptors (Lipinski definition) is 4. The fraction of sp³-hybridized carbons (Fsp3) is 0.400. The summed E-state index contributed by atoms with van der Waals surface area (Å²) in [6.07, 6.45) is 5.60. The minimum absolute atomic E-state index is 0.186. The van der Waals surface area contributed by atoms with Crippen LogP contribution in [-0.4, -0.2) is 26.9 Å². The van der Waals surface area contributed by atoms with Crippen LogP contribution in [0.5, 0.6) is 0 Å². The topological polar surface area (TPSA) is 85.8 Å². The van der Waals surface area contributed by atoms with Gasteiger partial charge >= 0.3 is 0 Å². The Kier molecular flexibility index (Phi) is 4.42. The number of amides is 1. The standard InChI is InChI=1S/C15H18BrN5O/c16-10-5-4-8-12(9-10)21-14(17)13(19-20-21)15(22)18-11-6-2-1-3-7-11/h4-5,8-9,11H,1-3,6-7,17H2,(H,18,22). The maximum absolute atomic E-state index is 12.3. The lowest BCUT2D eigenvalue weighted by molar-refractivity contribution is 0.0923. The Morgan fingerprint density at radius 3 is 2.82 bits per heavy atom. The van der Waals surface area contributed by atoms with Crippen LogP contribution in [0.2, 0.25) is 0 Å².